The minimum absolute atomic E-state index is 0.252. The van der Waals surface area contributed by atoms with Gasteiger partial charge < -0.3 is 21.6 Å². The number of carbonyl (C=O) groups is 1. The Morgan fingerprint density at radius 2 is 2.12 bits per heavy atom. The molecule has 26 heavy (non-hydrogen) atoms. The maximum atomic E-state index is 11.7. The predicted molar refractivity (Wildman–Crippen MR) is 105 cm³/mol. The van der Waals surface area contributed by atoms with E-state index >= 15 is 0 Å². The molecule has 4 aromatic heterocycles. The van der Waals surface area contributed by atoms with Crippen LogP contribution in [0.25, 0.3) is 27.1 Å². The van der Waals surface area contributed by atoms with Gasteiger partial charge in [-0.2, -0.15) is 0 Å². The number of rotatable bonds is 3. The first-order valence-electron chi connectivity index (χ1n) is 7.68. The van der Waals surface area contributed by atoms with Gasteiger partial charge in [-0.1, -0.05) is 6.07 Å². The smallest absolute Gasteiger partial charge is 0.260 e. The van der Waals surface area contributed by atoms with Gasteiger partial charge in [-0.15, -0.1) is 11.3 Å². The maximum Gasteiger partial charge on any atom is 0.260 e. The molecule has 9 heteroatoms. The number of primary amides is 1. The molecule has 8 nitrogen and oxygen atoms in total. The summed E-state index contributed by atoms with van der Waals surface area (Å²) in [5.74, 6) is -0.317. The minimum Gasteiger partial charge on any atom is -0.397 e. The Labute approximate surface area is 152 Å². The molecular formula is C17H15N7OS. The molecular weight excluding hydrogens is 350 g/mol. The van der Waals surface area contributed by atoms with Crippen molar-refractivity contribution in [2.45, 2.75) is 0 Å². The monoisotopic (exact) mass is 365 g/mol. The molecule has 0 saturated carbocycles. The third-order valence-corrected chi connectivity index (χ3v) is 5.16. The van der Waals surface area contributed by atoms with E-state index in [0.717, 1.165) is 17.0 Å². The summed E-state index contributed by atoms with van der Waals surface area (Å²) < 4.78 is 1.89. The summed E-state index contributed by atoms with van der Waals surface area (Å²) in [4.78, 5) is 25.6. The molecule has 4 heterocycles. The third-order valence-electron chi connectivity index (χ3n) is 4.05. The first-order chi connectivity index (χ1) is 12.5. The zero-order valence-electron chi connectivity index (χ0n) is 13.8. The molecule has 0 aromatic carbocycles. The lowest BCUT2D eigenvalue weighted by molar-refractivity contribution is 0.100. The van der Waals surface area contributed by atoms with Crippen molar-refractivity contribution in [3.05, 3.63) is 41.0 Å². The number of aliphatic imine (C=N–C) groups is 1. The van der Waals surface area contributed by atoms with Crippen molar-refractivity contribution in [3.63, 3.8) is 0 Å². The predicted octanol–water partition coefficient (Wildman–Crippen LogP) is 1.92. The van der Waals surface area contributed by atoms with E-state index in [1.54, 1.807) is 13.3 Å². The van der Waals surface area contributed by atoms with E-state index in [9.17, 15) is 4.79 Å². The van der Waals surface area contributed by atoms with Crippen molar-refractivity contribution in [1.82, 2.24) is 14.4 Å². The highest BCUT2D eigenvalue weighted by Crippen LogP contribution is 2.41. The van der Waals surface area contributed by atoms with Gasteiger partial charge in [0.15, 0.2) is 0 Å². The average Bonchev–Trinajstić information content (AvgIpc) is 3.17. The number of thiophene rings is 1. The number of pyridine rings is 2. The fraction of sp³-hybridized carbons (Fsp3) is 0.0588. The van der Waals surface area contributed by atoms with E-state index in [-0.39, 0.29) is 16.4 Å². The van der Waals surface area contributed by atoms with Crippen LogP contribution in [0.4, 0.5) is 11.5 Å². The molecule has 0 radical (unpaired) electrons. The number of nitrogens with zero attached hydrogens (tertiary/aromatic N) is 4. The molecule has 130 valence electrons. The molecule has 0 atom stereocenters. The van der Waals surface area contributed by atoms with Gasteiger partial charge >= 0.3 is 0 Å². The van der Waals surface area contributed by atoms with E-state index in [4.69, 9.17) is 17.2 Å². The standard InChI is InChI=1S/C17H15N7OS/c1-21-6-8-11(9-7-24-5-3-2-4-10(24)22-9)12-13(18)14(16(20)25)26-17(12)23-15(8)19/h2-7H,18H2,1H3,(H2,19,23)(H2,20,25). The Kier molecular flexibility index (Phi) is 3.58. The summed E-state index contributed by atoms with van der Waals surface area (Å²) in [6.07, 6.45) is 5.38. The second-order valence-corrected chi connectivity index (χ2v) is 6.65. The number of hydrogen-bond acceptors (Lipinski definition) is 7. The lowest BCUT2D eigenvalue weighted by atomic mass is 10.0. The number of carbonyl (C=O) groups excluding carboxylic acids is 1. The molecule has 0 unspecified atom stereocenters. The number of aromatic nitrogens is 3. The van der Waals surface area contributed by atoms with Gasteiger partial charge in [0.25, 0.3) is 5.91 Å². The van der Waals surface area contributed by atoms with Crippen LogP contribution in [-0.2, 0) is 0 Å². The second-order valence-electron chi connectivity index (χ2n) is 5.65. The largest absolute Gasteiger partial charge is 0.397 e. The second kappa shape index (κ2) is 5.81. The number of imidazole rings is 1. The van der Waals surface area contributed by atoms with Crippen molar-refractivity contribution in [2.24, 2.45) is 10.7 Å². The molecule has 0 spiro atoms. The Bertz CT molecular complexity index is 1170. The molecule has 0 aliphatic carbocycles. The first kappa shape index (κ1) is 16.0. The highest BCUT2D eigenvalue weighted by atomic mass is 32.1. The summed E-state index contributed by atoms with van der Waals surface area (Å²) in [7, 11) is 1.64. The molecule has 0 saturated heterocycles. The topological polar surface area (TPSA) is 138 Å². The molecule has 0 bridgehead atoms. The SMILES string of the molecule is CN=Cc1c(N)nc2sc(C(N)=O)c(N)c2c1-c1cn2ccccc2n1. The molecule has 4 rings (SSSR count). The third kappa shape index (κ3) is 2.29. The normalized spacial score (nSPS) is 11.7. The molecule has 0 fully saturated rings. The zero-order chi connectivity index (χ0) is 18.4. The Hall–Kier alpha value is -3.46. The van der Waals surface area contributed by atoms with Crippen LogP contribution < -0.4 is 17.2 Å². The van der Waals surface area contributed by atoms with Crippen LogP contribution in [0.15, 0.2) is 35.6 Å². The van der Waals surface area contributed by atoms with E-state index < -0.39 is 5.91 Å². The van der Waals surface area contributed by atoms with E-state index in [1.807, 2.05) is 35.0 Å². The summed E-state index contributed by atoms with van der Waals surface area (Å²) in [5.41, 5.74) is 20.8. The van der Waals surface area contributed by atoms with Gasteiger partial charge in [0.05, 0.1) is 11.4 Å². The van der Waals surface area contributed by atoms with Gasteiger partial charge in [-0.05, 0) is 12.1 Å². The van der Waals surface area contributed by atoms with Crippen LogP contribution in [0.2, 0.25) is 0 Å². The summed E-state index contributed by atoms with van der Waals surface area (Å²) in [6, 6.07) is 5.71. The molecule has 0 aliphatic rings. The Morgan fingerprint density at radius 3 is 2.81 bits per heavy atom. The van der Waals surface area contributed by atoms with Gasteiger partial charge in [-0.25, -0.2) is 9.97 Å². The molecule has 0 aliphatic heterocycles. The van der Waals surface area contributed by atoms with Gasteiger partial charge in [0.1, 0.15) is 21.2 Å². The summed E-state index contributed by atoms with van der Waals surface area (Å²) in [5, 5.41) is 0.608. The fourth-order valence-corrected chi connectivity index (χ4v) is 3.91. The van der Waals surface area contributed by atoms with E-state index in [2.05, 4.69) is 15.0 Å². The van der Waals surface area contributed by atoms with Gasteiger partial charge in [0, 0.05) is 42.2 Å². The quantitative estimate of drug-likeness (QED) is 0.476. The van der Waals surface area contributed by atoms with Crippen molar-refractivity contribution in [3.8, 4) is 11.3 Å². The number of fused-ring (bicyclic) bond motifs is 2. The van der Waals surface area contributed by atoms with Crippen LogP contribution in [0.5, 0.6) is 0 Å². The number of amides is 1. The number of hydrogen-bond donors (Lipinski definition) is 3. The van der Waals surface area contributed by atoms with Crippen LogP contribution in [0.1, 0.15) is 15.2 Å². The summed E-state index contributed by atoms with van der Waals surface area (Å²) in [6.45, 7) is 0. The zero-order valence-corrected chi connectivity index (χ0v) is 14.6. The van der Waals surface area contributed by atoms with E-state index in [1.165, 1.54) is 0 Å². The Morgan fingerprint density at radius 1 is 1.31 bits per heavy atom. The van der Waals surface area contributed by atoms with Crippen molar-refractivity contribution >= 4 is 50.8 Å². The fourth-order valence-electron chi connectivity index (χ4n) is 2.95. The van der Waals surface area contributed by atoms with Crippen molar-refractivity contribution in [2.75, 3.05) is 18.5 Å². The van der Waals surface area contributed by atoms with Gasteiger partial charge in [-0.3, -0.25) is 9.79 Å². The maximum absolute atomic E-state index is 11.7. The van der Waals surface area contributed by atoms with Crippen LogP contribution in [0, 0.1) is 0 Å². The Balaban J connectivity index is 2.16. The highest BCUT2D eigenvalue weighted by Gasteiger charge is 2.23. The lowest BCUT2D eigenvalue weighted by Gasteiger charge is -2.08. The van der Waals surface area contributed by atoms with E-state index in [0.29, 0.717) is 27.0 Å². The lowest BCUT2D eigenvalue weighted by Crippen LogP contribution is -2.10. The highest BCUT2D eigenvalue weighted by molar-refractivity contribution is 7.21. The number of nitrogen functional groups attached to an aromatic ring is 2. The van der Waals surface area contributed by atoms with Crippen molar-refractivity contribution < 1.29 is 4.79 Å². The summed E-state index contributed by atoms with van der Waals surface area (Å²) >= 11 is 1.12. The number of nitrogens with two attached hydrogens (primary N) is 3. The van der Waals surface area contributed by atoms with Crippen LogP contribution >= 0.6 is 11.3 Å². The van der Waals surface area contributed by atoms with Crippen LogP contribution in [0.3, 0.4) is 0 Å². The van der Waals surface area contributed by atoms with Crippen LogP contribution in [-0.4, -0.2) is 33.5 Å². The molecule has 6 N–H and O–H groups in total. The first-order valence-corrected chi connectivity index (χ1v) is 8.50. The molecule has 4 aromatic rings. The van der Waals surface area contributed by atoms with Crippen molar-refractivity contribution in [1.29, 1.82) is 0 Å². The average molecular weight is 365 g/mol. The molecule has 1 amide bonds. The minimum atomic E-state index is -0.601. The number of anilines is 2. The van der Waals surface area contributed by atoms with Gasteiger partial charge in [0.2, 0.25) is 0 Å².